The summed E-state index contributed by atoms with van der Waals surface area (Å²) in [5.74, 6) is -0.378. The zero-order valence-electron chi connectivity index (χ0n) is 16.1. The summed E-state index contributed by atoms with van der Waals surface area (Å²) in [6.07, 6.45) is 0. The lowest BCUT2D eigenvalue weighted by molar-refractivity contribution is 0.0697. The van der Waals surface area contributed by atoms with Gasteiger partial charge in [-0.2, -0.15) is 0 Å². The van der Waals surface area contributed by atoms with Crippen LogP contribution in [0.2, 0.25) is 0 Å². The lowest BCUT2D eigenvalue weighted by Gasteiger charge is -2.23. The zero-order chi connectivity index (χ0) is 19.2. The fourth-order valence-electron chi connectivity index (χ4n) is 3.81. The van der Waals surface area contributed by atoms with Crippen molar-refractivity contribution in [3.63, 3.8) is 0 Å². The number of methoxy groups -OCH3 is 1. The maximum Gasteiger partial charge on any atom is 0.336 e. The van der Waals surface area contributed by atoms with Crippen molar-refractivity contribution in [1.29, 1.82) is 0 Å². The van der Waals surface area contributed by atoms with Gasteiger partial charge >= 0.3 is 5.97 Å². The predicted octanol–water partition coefficient (Wildman–Crippen LogP) is 3.06. The monoisotopic (exact) mass is 368 g/mol. The van der Waals surface area contributed by atoms with Gasteiger partial charge in [-0.05, 0) is 29.8 Å². The van der Waals surface area contributed by atoms with Crippen molar-refractivity contribution >= 4 is 5.97 Å². The van der Waals surface area contributed by atoms with Crippen LogP contribution >= 0.6 is 0 Å². The van der Waals surface area contributed by atoms with Crippen LogP contribution in [-0.4, -0.2) is 67.8 Å². The molecular weight excluding hydrogens is 340 g/mol. The Kier molecular flexibility index (Phi) is 6.61. The van der Waals surface area contributed by atoms with Gasteiger partial charge in [0.05, 0.1) is 12.2 Å². The molecule has 0 radical (unpaired) electrons. The predicted molar refractivity (Wildman–Crippen MR) is 107 cm³/mol. The van der Waals surface area contributed by atoms with E-state index in [1.54, 1.807) is 19.2 Å². The number of carboxylic acids is 1. The molecule has 0 amide bonds. The first-order valence-corrected chi connectivity index (χ1v) is 9.38. The molecule has 27 heavy (non-hydrogen) atoms. The van der Waals surface area contributed by atoms with Gasteiger partial charge in [0.15, 0.2) is 0 Å². The van der Waals surface area contributed by atoms with E-state index >= 15 is 0 Å². The molecule has 3 rings (SSSR count). The Morgan fingerprint density at radius 2 is 1.85 bits per heavy atom. The molecule has 0 bridgehead atoms. The first kappa shape index (κ1) is 19.5. The summed E-state index contributed by atoms with van der Waals surface area (Å²) in [6.45, 7) is 5.88. The number of likely N-dealkylation sites (N-methyl/N-ethyl adjacent to an activating group) is 1. The Morgan fingerprint density at radius 3 is 2.56 bits per heavy atom. The largest absolute Gasteiger partial charge is 0.478 e. The second-order valence-electron chi connectivity index (χ2n) is 7.37. The molecule has 0 aromatic heterocycles. The topological polar surface area (TPSA) is 53.0 Å². The summed E-state index contributed by atoms with van der Waals surface area (Å²) in [6, 6.07) is 15.4. The molecule has 5 nitrogen and oxygen atoms in total. The number of carboxylic acid groups (broad SMARTS) is 1. The summed E-state index contributed by atoms with van der Waals surface area (Å²) >= 11 is 0. The lowest BCUT2D eigenvalue weighted by atomic mass is 9.98. The van der Waals surface area contributed by atoms with Crippen molar-refractivity contribution < 1.29 is 14.6 Å². The molecular formula is C22H28N2O3. The van der Waals surface area contributed by atoms with E-state index in [9.17, 15) is 9.90 Å². The number of aromatic carboxylic acids is 1. The quantitative estimate of drug-likeness (QED) is 0.849. The number of carbonyl (C=O) groups is 1. The first-order valence-electron chi connectivity index (χ1n) is 9.38. The third-order valence-electron chi connectivity index (χ3n) is 5.12. The summed E-state index contributed by atoms with van der Waals surface area (Å²) < 4.78 is 5.38. The summed E-state index contributed by atoms with van der Waals surface area (Å²) in [5, 5.41) is 9.39. The molecule has 1 aliphatic heterocycles. The van der Waals surface area contributed by atoms with Crippen LogP contribution in [0.15, 0.2) is 48.5 Å². The Balaban J connectivity index is 1.71. The van der Waals surface area contributed by atoms with Crippen LogP contribution in [0.5, 0.6) is 0 Å². The van der Waals surface area contributed by atoms with Gasteiger partial charge in [-0.25, -0.2) is 4.79 Å². The minimum atomic E-state index is -0.896. The van der Waals surface area contributed by atoms with E-state index in [1.807, 2.05) is 24.3 Å². The minimum absolute atomic E-state index is 0.336. The standard InChI is InChI=1S/C22H28N2O3/c1-23-11-12-24(15-18(13-23)16-27-2)14-17-7-9-19(10-8-17)20-5-3-4-6-21(20)22(25)26/h3-10,18H,11-16H2,1-2H3,(H,25,26). The average Bonchev–Trinajstić information content (AvgIpc) is 2.83. The molecule has 1 unspecified atom stereocenters. The highest BCUT2D eigenvalue weighted by atomic mass is 16.5. The number of hydrogen-bond donors (Lipinski definition) is 1. The maximum atomic E-state index is 11.4. The van der Waals surface area contributed by atoms with E-state index in [4.69, 9.17) is 4.74 Å². The van der Waals surface area contributed by atoms with Crippen LogP contribution in [0.3, 0.4) is 0 Å². The van der Waals surface area contributed by atoms with Crippen LogP contribution in [0.25, 0.3) is 11.1 Å². The van der Waals surface area contributed by atoms with Gasteiger partial charge in [0.1, 0.15) is 0 Å². The number of rotatable bonds is 6. The highest BCUT2D eigenvalue weighted by Crippen LogP contribution is 2.24. The van der Waals surface area contributed by atoms with E-state index in [1.165, 1.54) is 5.56 Å². The van der Waals surface area contributed by atoms with Crippen molar-refractivity contribution in [3.8, 4) is 11.1 Å². The molecule has 2 aromatic rings. The molecule has 0 spiro atoms. The summed E-state index contributed by atoms with van der Waals surface area (Å²) in [4.78, 5) is 16.3. The fourth-order valence-corrected chi connectivity index (χ4v) is 3.81. The smallest absolute Gasteiger partial charge is 0.336 e. The first-order chi connectivity index (χ1) is 13.1. The zero-order valence-corrected chi connectivity index (χ0v) is 16.1. The Hall–Kier alpha value is -2.21. The molecule has 144 valence electrons. The van der Waals surface area contributed by atoms with Crippen molar-refractivity contribution in [2.75, 3.05) is 46.9 Å². The normalized spacial score (nSPS) is 19.0. The molecule has 5 heteroatoms. The van der Waals surface area contributed by atoms with E-state index in [0.717, 1.165) is 50.5 Å². The number of hydrogen-bond acceptors (Lipinski definition) is 4. The highest BCUT2D eigenvalue weighted by Gasteiger charge is 2.21. The number of ether oxygens (including phenoxy) is 1. The molecule has 0 saturated carbocycles. The summed E-state index contributed by atoms with van der Waals surface area (Å²) in [5.41, 5.74) is 3.27. The van der Waals surface area contributed by atoms with Crippen molar-refractivity contribution in [2.24, 2.45) is 5.92 Å². The molecule has 1 fully saturated rings. The van der Waals surface area contributed by atoms with Gasteiger partial charge in [0, 0.05) is 45.8 Å². The third kappa shape index (κ3) is 5.16. The molecule has 1 heterocycles. The van der Waals surface area contributed by atoms with Crippen LogP contribution < -0.4 is 0 Å². The Bertz CT molecular complexity index is 760. The van der Waals surface area contributed by atoms with Gasteiger partial charge in [-0.15, -0.1) is 0 Å². The van der Waals surface area contributed by atoms with Crippen molar-refractivity contribution in [2.45, 2.75) is 6.54 Å². The minimum Gasteiger partial charge on any atom is -0.478 e. The summed E-state index contributed by atoms with van der Waals surface area (Å²) in [7, 11) is 3.93. The van der Waals surface area contributed by atoms with Crippen LogP contribution in [0.4, 0.5) is 0 Å². The average molecular weight is 368 g/mol. The SMILES string of the molecule is COCC1CN(C)CCN(Cc2ccc(-c3ccccc3C(=O)O)cc2)C1. The Morgan fingerprint density at radius 1 is 1.11 bits per heavy atom. The Labute approximate surface area is 161 Å². The number of nitrogens with zero attached hydrogens (tertiary/aromatic N) is 2. The molecule has 1 aliphatic rings. The van der Waals surface area contributed by atoms with E-state index < -0.39 is 5.97 Å². The maximum absolute atomic E-state index is 11.4. The van der Waals surface area contributed by atoms with Crippen LogP contribution in [0, 0.1) is 5.92 Å². The van der Waals surface area contributed by atoms with Crippen molar-refractivity contribution in [3.05, 3.63) is 59.7 Å². The molecule has 2 aromatic carbocycles. The molecule has 0 aliphatic carbocycles. The van der Waals surface area contributed by atoms with Gasteiger partial charge in [-0.3, -0.25) is 4.90 Å². The van der Waals surface area contributed by atoms with Gasteiger partial charge < -0.3 is 14.7 Å². The van der Waals surface area contributed by atoms with Crippen LogP contribution in [-0.2, 0) is 11.3 Å². The van der Waals surface area contributed by atoms with Gasteiger partial charge in [0.25, 0.3) is 0 Å². The van der Waals surface area contributed by atoms with E-state index in [0.29, 0.717) is 11.5 Å². The third-order valence-corrected chi connectivity index (χ3v) is 5.12. The van der Waals surface area contributed by atoms with E-state index in [2.05, 4.69) is 29.0 Å². The van der Waals surface area contributed by atoms with Crippen LogP contribution in [0.1, 0.15) is 15.9 Å². The molecule has 1 atom stereocenters. The fraction of sp³-hybridized carbons (Fsp3) is 0.409. The molecule has 1 N–H and O–H groups in total. The molecule has 1 saturated heterocycles. The van der Waals surface area contributed by atoms with Gasteiger partial charge in [-0.1, -0.05) is 42.5 Å². The second-order valence-corrected chi connectivity index (χ2v) is 7.37. The van der Waals surface area contributed by atoms with Crippen molar-refractivity contribution in [1.82, 2.24) is 9.80 Å². The lowest BCUT2D eigenvalue weighted by Crippen LogP contribution is -2.31. The number of benzene rings is 2. The van der Waals surface area contributed by atoms with E-state index in [-0.39, 0.29) is 0 Å². The highest BCUT2D eigenvalue weighted by molar-refractivity contribution is 5.95. The van der Waals surface area contributed by atoms with Gasteiger partial charge in [0.2, 0.25) is 0 Å². The second kappa shape index (κ2) is 9.13.